The van der Waals surface area contributed by atoms with Crippen molar-refractivity contribution >= 4 is 38.4 Å². The summed E-state index contributed by atoms with van der Waals surface area (Å²) in [6, 6.07) is 0. The molecule has 0 saturated carbocycles. The Balaban J connectivity index is 2.74. The molecule has 8 nitrogen and oxygen atoms in total. The molecule has 0 fully saturated rings. The number of carbonyl (C=O) groups is 2. The van der Waals surface area contributed by atoms with Gasteiger partial charge in [0.1, 0.15) is 0 Å². The summed E-state index contributed by atoms with van der Waals surface area (Å²) in [6.45, 7) is 3.16. The second kappa shape index (κ2) is 7.36. The molecule has 0 aliphatic heterocycles. The average molecular weight is 336 g/mol. The van der Waals surface area contributed by atoms with E-state index in [1.807, 2.05) is 0 Å². The van der Waals surface area contributed by atoms with E-state index in [9.17, 15) is 18.0 Å². The summed E-state index contributed by atoms with van der Waals surface area (Å²) >= 11 is 1.01. The Morgan fingerprint density at radius 2 is 2.14 bits per heavy atom. The molecule has 0 saturated heterocycles. The molecule has 1 N–H and O–H groups in total. The lowest BCUT2D eigenvalue weighted by molar-refractivity contribution is -0.142. The number of thiazole rings is 1. The number of esters is 2. The summed E-state index contributed by atoms with van der Waals surface area (Å²) < 4.78 is 35.1. The van der Waals surface area contributed by atoms with Gasteiger partial charge in [-0.3, -0.25) is 14.3 Å². The Bertz CT molecular complexity index is 610. The fourth-order valence-corrected chi connectivity index (χ4v) is 3.21. The zero-order valence-corrected chi connectivity index (χ0v) is 13.4. The normalized spacial score (nSPS) is 12.5. The first-order valence-corrected chi connectivity index (χ1v) is 8.42. The summed E-state index contributed by atoms with van der Waals surface area (Å²) in [5, 5.41) is 0.252. The third-order valence-corrected chi connectivity index (χ3v) is 4.95. The maximum Gasteiger partial charge on any atom is 0.325 e. The lowest BCUT2D eigenvalue weighted by Gasteiger charge is -2.10. The molecular formula is C11H16N2O6S2. The molecule has 0 aliphatic rings. The maximum absolute atomic E-state index is 11.9. The van der Waals surface area contributed by atoms with Gasteiger partial charge >= 0.3 is 11.9 Å². The minimum atomic E-state index is -3.94. The van der Waals surface area contributed by atoms with Crippen molar-refractivity contribution in [2.24, 2.45) is 0 Å². The summed E-state index contributed by atoms with van der Waals surface area (Å²) in [5.41, 5.74) is 0.391. The Hall–Kier alpha value is -1.68. The van der Waals surface area contributed by atoms with Crippen LogP contribution in [0.5, 0.6) is 0 Å². The first-order valence-electron chi connectivity index (χ1n) is 5.99. The van der Waals surface area contributed by atoms with Crippen molar-refractivity contribution in [3.63, 3.8) is 0 Å². The maximum atomic E-state index is 11.9. The van der Waals surface area contributed by atoms with Crippen LogP contribution in [0.15, 0.2) is 5.38 Å². The van der Waals surface area contributed by atoms with Crippen molar-refractivity contribution < 1.29 is 27.5 Å². The van der Waals surface area contributed by atoms with Gasteiger partial charge in [-0.1, -0.05) is 0 Å². The molecule has 0 aromatic carbocycles. The largest absolute Gasteiger partial charge is 0.468 e. The van der Waals surface area contributed by atoms with E-state index in [0.717, 1.165) is 18.4 Å². The fraction of sp³-hybridized carbons (Fsp3) is 0.545. The van der Waals surface area contributed by atoms with E-state index < -0.39 is 27.2 Å². The van der Waals surface area contributed by atoms with Crippen LogP contribution in [0.25, 0.3) is 0 Å². The van der Waals surface area contributed by atoms with Crippen molar-refractivity contribution in [2.45, 2.75) is 25.5 Å². The van der Waals surface area contributed by atoms with Crippen LogP contribution in [-0.4, -0.2) is 44.3 Å². The molecule has 21 heavy (non-hydrogen) atoms. The van der Waals surface area contributed by atoms with Gasteiger partial charge in [-0.05, 0) is 13.8 Å². The highest BCUT2D eigenvalue weighted by molar-refractivity contribution is 7.94. The Labute approximate surface area is 126 Å². The molecule has 0 radical (unpaired) electrons. The van der Waals surface area contributed by atoms with Gasteiger partial charge in [0.05, 0.1) is 25.8 Å². The quantitative estimate of drug-likeness (QED) is 0.724. The number of nitrogens with zero attached hydrogens (tertiary/aromatic N) is 1. The number of sulfonamides is 1. The van der Waals surface area contributed by atoms with Crippen LogP contribution in [0, 0.1) is 0 Å². The number of hydrogen-bond acceptors (Lipinski definition) is 8. The third-order valence-electron chi connectivity index (χ3n) is 2.41. The second-order valence-corrected chi connectivity index (χ2v) is 6.80. The molecule has 118 valence electrons. The van der Waals surface area contributed by atoms with Crippen molar-refractivity contribution in [2.75, 3.05) is 18.4 Å². The minimum Gasteiger partial charge on any atom is -0.468 e. The van der Waals surface area contributed by atoms with Crippen LogP contribution in [0.3, 0.4) is 0 Å². The van der Waals surface area contributed by atoms with Crippen LogP contribution in [-0.2, 0) is 35.5 Å². The number of ether oxygens (including phenoxy) is 2. The number of methoxy groups -OCH3 is 1. The van der Waals surface area contributed by atoms with E-state index in [0.29, 0.717) is 5.69 Å². The molecule has 0 amide bonds. The summed E-state index contributed by atoms with van der Waals surface area (Å²) in [5.74, 6) is -1.31. The Morgan fingerprint density at radius 1 is 1.48 bits per heavy atom. The number of nitrogens with one attached hydrogen (secondary N) is 1. The third kappa shape index (κ3) is 4.97. The van der Waals surface area contributed by atoms with Gasteiger partial charge in [0.25, 0.3) is 0 Å². The predicted molar refractivity (Wildman–Crippen MR) is 76.5 cm³/mol. The van der Waals surface area contributed by atoms with Gasteiger partial charge in [0, 0.05) is 5.38 Å². The molecule has 1 heterocycles. The smallest absolute Gasteiger partial charge is 0.325 e. The van der Waals surface area contributed by atoms with Crippen LogP contribution in [0.4, 0.5) is 5.13 Å². The average Bonchev–Trinajstić information content (AvgIpc) is 2.83. The van der Waals surface area contributed by atoms with Gasteiger partial charge < -0.3 is 9.47 Å². The lowest BCUT2D eigenvalue weighted by Crippen LogP contribution is -2.33. The molecule has 1 aromatic heterocycles. The van der Waals surface area contributed by atoms with Crippen LogP contribution >= 0.6 is 11.3 Å². The topological polar surface area (TPSA) is 112 Å². The zero-order chi connectivity index (χ0) is 16.0. The van der Waals surface area contributed by atoms with Gasteiger partial charge in [-0.15, -0.1) is 11.3 Å². The highest BCUT2D eigenvalue weighted by Gasteiger charge is 2.29. The minimum absolute atomic E-state index is 0.0430. The summed E-state index contributed by atoms with van der Waals surface area (Å²) in [6.07, 6.45) is -0.0430. The van der Waals surface area contributed by atoms with Crippen molar-refractivity contribution in [1.29, 1.82) is 0 Å². The number of anilines is 1. The monoisotopic (exact) mass is 336 g/mol. The number of carbonyl (C=O) groups excluding carboxylic acids is 2. The number of rotatable bonds is 7. The molecule has 0 aliphatic carbocycles. The van der Waals surface area contributed by atoms with Gasteiger partial charge in [-0.25, -0.2) is 13.4 Å². The predicted octanol–water partition coefficient (Wildman–Crippen LogP) is 0.552. The van der Waals surface area contributed by atoms with Crippen molar-refractivity contribution in [1.82, 2.24) is 4.98 Å². The Morgan fingerprint density at radius 3 is 2.71 bits per heavy atom. The lowest BCUT2D eigenvalue weighted by atomic mass is 10.3. The van der Waals surface area contributed by atoms with E-state index in [-0.39, 0.29) is 18.2 Å². The Kier molecular flexibility index (Phi) is 6.09. The molecule has 10 heteroatoms. The van der Waals surface area contributed by atoms with Crippen LogP contribution in [0.1, 0.15) is 19.5 Å². The fourth-order valence-electron chi connectivity index (χ4n) is 1.30. The standard InChI is InChI=1S/C11H16N2O6S2/c1-4-19-9(14)5-8-6-20-11(12-8)13-21(16,17)7(2)10(15)18-3/h6-7H,4-5H2,1-3H3,(H,12,13). The highest BCUT2D eigenvalue weighted by atomic mass is 32.2. The zero-order valence-electron chi connectivity index (χ0n) is 11.8. The van der Waals surface area contributed by atoms with E-state index >= 15 is 0 Å². The number of hydrogen-bond donors (Lipinski definition) is 1. The van der Waals surface area contributed by atoms with Gasteiger partial charge in [0.2, 0.25) is 10.0 Å². The van der Waals surface area contributed by atoms with Gasteiger partial charge in [-0.2, -0.15) is 0 Å². The molecule has 1 atom stereocenters. The second-order valence-electron chi connectivity index (χ2n) is 3.94. The van der Waals surface area contributed by atoms with Crippen molar-refractivity contribution in [3.05, 3.63) is 11.1 Å². The van der Waals surface area contributed by atoms with Gasteiger partial charge in [0.15, 0.2) is 10.4 Å². The summed E-state index contributed by atoms with van der Waals surface area (Å²) in [4.78, 5) is 26.5. The summed E-state index contributed by atoms with van der Waals surface area (Å²) in [7, 11) is -2.84. The molecular weight excluding hydrogens is 320 g/mol. The van der Waals surface area contributed by atoms with Crippen molar-refractivity contribution in [3.8, 4) is 0 Å². The highest BCUT2D eigenvalue weighted by Crippen LogP contribution is 2.19. The molecule has 0 bridgehead atoms. The SMILES string of the molecule is CCOC(=O)Cc1csc(NS(=O)(=O)C(C)C(=O)OC)n1. The first kappa shape index (κ1) is 17.4. The van der Waals surface area contributed by atoms with E-state index in [4.69, 9.17) is 4.74 Å². The molecule has 0 spiro atoms. The number of aromatic nitrogens is 1. The van der Waals surface area contributed by atoms with E-state index in [1.54, 1.807) is 6.92 Å². The van der Waals surface area contributed by atoms with E-state index in [2.05, 4.69) is 14.4 Å². The van der Waals surface area contributed by atoms with Crippen LogP contribution in [0.2, 0.25) is 0 Å². The first-order chi connectivity index (χ1) is 9.80. The molecule has 1 rings (SSSR count). The van der Waals surface area contributed by atoms with E-state index in [1.165, 1.54) is 12.3 Å². The molecule has 1 aromatic rings. The molecule has 1 unspecified atom stereocenters. The van der Waals surface area contributed by atoms with Crippen LogP contribution < -0.4 is 4.72 Å².